The van der Waals surface area contributed by atoms with Crippen LogP contribution >= 0.6 is 11.6 Å². The SMILES string of the molecule is CN1CCC(CCNC(=O)COc2cccc(Cl)c2)CC1. The number of rotatable bonds is 6. The molecule has 0 aliphatic carbocycles. The van der Waals surface area contributed by atoms with Gasteiger partial charge >= 0.3 is 0 Å². The van der Waals surface area contributed by atoms with E-state index in [-0.39, 0.29) is 12.5 Å². The van der Waals surface area contributed by atoms with Crippen molar-refractivity contribution in [1.29, 1.82) is 0 Å². The first-order valence-electron chi connectivity index (χ1n) is 7.47. The van der Waals surface area contributed by atoms with Crippen LogP contribution in [0.25, 0.3) is 0 Å². The number of halogens is 1. The average Bonchev–Trinajstić information content (AvgIpc) is 2.47. The molecule has 0 saturated carbocycles. The topological polar surface area (TPSA) is 41.6 Å². The molecule has 1 fully saturated rings. The summed E-state index contributed by atoms with van der Waals surface area (Å²) in [5.41, 5.74) is 0. The lowest BCUT2D eigenvalue weighted by atomic mass is 9.94. The van der Waals surface area contributed by atoms with Gasteiger partial charge < -0.3 is 15.0 Å². The summed E-state index contributed by atoms with van der Waals surface area (Å²) in [6.07, 6.45) is 3.51. The minimum Gasteiger partial charge on any atom is -0.484 e. The lowest BCUT2D eigenvalue weighted by Crippen LogP contribution is -2.34. The second-order valence-electron chi connectivity index (χ2n) is 5.63. The Bertz CT molecular complexity index is 459. The Kier molecular flexibility index (Phi) is 6.33. The lowest BCUT2D eigenvalue weighted by molar-refractivity contribution is -0.123. The molecule has 1 saturated heterocycles. The Morgan fingerprint density at radius 3 is 2.90 bits per heavy atom. The number of benzene rings is 1. The zero-order valence-corrected chi connectivity index (χ0v) is 13.2. The van der Waals surface area contributed by atoms with E-state index < -0.39 is 0 Å². The predicted molar refractivity (Wildman–Crippen MR) is 84.8 cm³/mol. The average molecular weight is 311 g/mol. The molecule has 0 spiro atoms. The standard InChI is InChI=1S/C16H23ClN2O2/c1-19-9-6-13(7-10-19)5-8-18-16(20)12-21-15-4-2-3-14(17)11-15/h2-4,11,13H,5-10,12H2,1H3,(H,18,20). The highest BCUT2D eigenvalue weighted by Crippen LogP contribution is 2.19. The van der Waals surface area contributed by atoms with Gasteiger partial charge in [-0.25, -0.2) is 0 Å². The van der Waals surface area contributed by atoms with Gasteiger partial charge in [0.15, 0.2) is 6.61 Å². The fourth-order valence-corrected chi connectivity index (χ4v) is 2.70. The van der Waals surface area contributed by atoms with E-state index in [4.69, 9.17) is 16.3 Å². The highest BCUT2D eigenvalue weighted by atomic mass is 35.5. The Labute approximate surface area is 131 Å². The van der Waals surface area contributed by atoms with Gasteiger partial charge in [-0.05, 0) is 63.5 Å². The molecule has 1 N–H and O–H groups in total. The molecule has 1 aliphatic rings. The minimum absolute atomic E-state index is 0.0355. The van der Waals surface area contributed by atoms with E-state index in [1.165, 1.54) is 12.8 Å². The van der Waals surface area contributed by atoms with Gasteiger partial charge in [-0.1, -0.05) is 17.7 Å². The first kappa shape index (κ1) is 16.1. The molecule has 0 unspecified atom stereocenters. The third kappa shape index (κ3) is 5.94. The lowest BCUT2D eigenvalue weighted by Gasteiger charge is -2.28. The second-order valence-corrected chi connectivity index (χ2v) is 6.07. The summed E-state index contributed by atoms with van der Waals surface area (Å²) < 4.78 is 5.40. The van der Waals surface area contributed by atoms with Gasteiger partial charge in [0, 0.05) is 11.6 Å². The van der Waals surface area contributed by atoms with Crippen LogP contribution in [0.15, 0.2) is 24.3 Å². The number of carbonyl (C=O) groups is 1. The van der Waals surface area contributed by atoms with Crippen molar-refractivity contribution in [3.8, 4) is 5.75 Å². The van der Waals surface area contributed by atoms with Crippen molar-refractivity contribution in [1.82, 2.24) is 10.2 Å². The molecule has 1 heterocycles. The zero-order valence-electron chi connectivity index (χ0n) is 12.5. The van der Waals surface area contributed by atoms with Gasteiger partial charge in [0.1, 0.15) is 5.75 Å². The molecule has 4 nitrogen and oxygen atoms in total. The molecule has 0 radical (unpaired) electrons. The Morgan fingerprint density at radius 1 is 1.43 bits per heavy atom. The van der Waals surface area contributed by atoms with Crippen LogP contribution in [0.2, 0.25) is 5.02 Å². The van der Waals surface area contributed by atoms with Crippen LogP contribution in [0.3, 0.4) is 0 Å². The van der Waals surface area contributed by atoms with E-state index in [9.17, 15) is 4.79 Å². The summed E-state index contributed by atoms with van der Waals surface area (Å²) in [5.74, 6) is 1.27. The summed E-state index contributed by atoms with van der Waals surface area (Å²) in [6, 6.07) is 7.07. The number of ether oxygens (including phenoxy) is 1. The molecule has 1 aliphatic heterocycles. The van der Waals surface area contributed by atoms with E-state index in [0.717, 1.165) is 32.0 Å². The number of nitrogens with zero attached hydrogens (tertiary/aromatic N) is 1. The van der Waals surface area contributed by atoms with Crippen LogP contribution in [0.5, 0.6) is 5.75 Å². The number of hydrogen-bond donors (Lipinski definition) is 1. The highest BCUT2D eigenvalue weighted by molar-refractivity contribution is 6.30. The maximum atomic E-state index is 11.7. The number of piperidine rings is 1. The van der Waals surface area contributed by atoms with Gasteiger partial charge in [-0.3, -0.25) is 4.79 Å². The van der Waals surface area contributed by atoms with Crippen LogP contribution in [0.4, 0.5) is 0 Å². The van der Waals surface area contributed by atoms with E-state index >= 15 is 0 Å². The Balaban J connectivity index is 1.59. The molecule has 21 heavy (non-hydrogen) atoms. The van der Waals surface area contributed by atoms with Gasteiger partial charge in [0.2, 0.25) is 0 Å². The fraction of sp³-hybridized carbons (Fsp3) is 0.562. The minimum atomic E-state index is -0.0806. The number of amides is 1. The van der Waals surface area contributed by atoms with Gasteiger partial charge in [0.05, 0.1) is 0 Å². The summed E-state index contributed by atoms with van der Waals surface area (Å²) in [6.45, 7) is 3.09. The number of carbonyl (C=O) groups excluding carboxylic acids is 1. The maximum Gasteiger partial charge on any atom is 0.257 e. The van der Waals surface area contributed by atoms with E-state index in [2.05, 4.69) is 17.3 Å². The van der Waals surface area contributed by atoms with Crippen LogP contribution in [0, 0.1) is 5.92 Å². The molecule has 2 rings (SSSR count). The first-order valence-corrected chi connectivity index (χ1v) is 7.85. The summed E-state index contributed by atoms with van der Waals surface area (Å²) in [4.78, 5) is 14.1. The Morgan fingerprint density at radius 2 is 2.19 bits per heavy atom. The summed E-state index contributed by atoms with van der Waals surface area (Å²) in [5, 5.41) is 3.52. The first-order chi connectivity index (χ1) is 10.1. The van der Waals surface area contributed by atoms with Crippen molar-refractivity contribution in [2.45, 2.75) is 19.3 Å². The third-order valence-corrected chi connectivity index (χ3v) is 4.11. The molecule has 116 valence electrons. The Hall–Kier alpha value is -1.26. The largest absolute Gasteiger partial charge is 0.484 e. The van der Waals surface area contributed by atoms with Crippen LogP contribution in [0.1, 0.15) is 19.3 Å². The van der Waals surface area contributed by atoms with Crippen LogP contribution in [-0.4, -0.2) is 44.1 Å². The van der Waals surface area contributed by atoms with E-state index in [1.54, 1.807) is 24.3 Å². The van der Waals surface area contributed by atoms with E-state index in [1.807, 2.05) is 0 Å². The number of likely N-dealkylation sites (tertiary alicyclic amines) is 1. The summed E-state index contributed by atoms with van der Waals surface area (Å²) >= 11 is 5.86. The molecular weight excluding hydrogens is 288 g/mol. The van der Waals surface area contributed by atoms with E-state index in [0.29, 0.717) is 10.8 Å². The van der Waals surface area contributed by atoms with Crippen molar-refractivity contribution >= 4 is 17.5 Å². The fourth-order valence-electron chi connectivity index (χ4n) is 2.52. The zero-order chi connectivity index (χ0) is 15.1. The monoisotopic (exact) mass is 310 g/mol. The van der Waals surface area contributed by atoms with Crippen molar-refractivity contribution in [2.24, 2.45) is 5.92 Å². The van der Waals surface area contributed by atoms with Gasteiger partial charge in [-0.15, -0.1) is 0 Å². The molecule has 0 atom stereocenters. The second kappa shape index (κ2) is 8.25. The van der Waals surface area contributed by atoms with Crippen molar-refractivity contribution in [2.75, 3.05) is 33.3 Å². The van der Waals surface area contributed by atoms with Crippen molar-refractivity contribution in [3.05, 3.63) is 29.3 Å². The van der Waals surface area contributed by atoms with Gasteiger partial charge in [0.25, 0.3) is 5.91 Å². The quantitative estimate of drug-likeness (QED) is 0.878. The third-order valence-electron chi connectivity index (χ3n) is 3.88. The van der Waals surface area contributed by atoms with Crippen LogP contribution in [-0.2, 0) is 4.79 Å². The van der Waals surface area contributed by atoms with Crippen molar-refractivity contribution in [3.63, 3.8) is 0 Å². The molecular formula is C16H23ClN2O2. The molecule has 5 heteroatoms. The maximum absolute atomic E-state index is 11.7. The number of nitrogens with one attached hydrogen (secondary N) is 1. The smallest absolute Gasteiger partial charge is 0.257 e. The molecule has 0 aromatic heterocycles. The highest BCUT2D eigenvalue weighted by Gasteiger charge is 2.16. The van der Waals surface area contributed by atoms with Gasteiger partial charge in [-0.2, -0.15) is 0 Å². The normalized spacial score (nSPS) is 16.7. The van der Waals surface area contributed by atoms with Crippen LogP contribution < -0.4 is 10.1 Å². The molecule has 1 aromatic carbocycles. The van der Waals surface area contributed by atoms with Crippen molar-refractivity contribution < 1.29 is 9.53 Å². The molecule has 0 bridgehead atoms. The summed E-state index contributed by atoms with van der Waals surface area (Å²) in [7, 11) is 2.16. The molecule has 1 amide bonds. The number of hydrogen-bond acceptors (Lipinski definition) is 3. The predicted octanol–water partition coefficient (Wildman–Crippen LogP) is 2.57. The molecule has 1 aromatic rings.